The largest absolute Gasteiger partial charge is 0.508 e. The third kappa shape index (κ3) is 3.31. The van der Waals surface area contributed by atoms with Crippen LogP contribution in [0, 0.1) is 6.92 Å². The summed E-state index contributed by atoms with van der Waals surface area (Å²) in [5, 5.41) is 10.3. The second-order valence-electron chi connectivity index (χ2n) is 5.89. The van der Waals surface area contributed by atoms with Gasteiger partial charge >= 0.3 is 0 Å². The Kier molecular flexibility index (Phi) is 4.18. The summed E-state index contributed by atoms with van der Waals surface area (Å²) in [6.45, 7) is 8.20. The third-order valence-electron chi connectivity index (χ3n) is 3.61. The lowest BCUT2D eigenvalue weighted by Gasteiger charge is -2.26. The molecule has 1 unspecified atom stereocenters. The summed E-state index contributed by atoms with van der Waals surface area (Å²) >= 11 is 0. The lowest BCUT2D eigenvalue weighted by molar-refractivity contribution is 0.236. The zero-order chi connectivity index (χ0) is 14.0. The lowest BCUT2D eigenvalue weighted by Crippen LogP contribution is -2.11. The minimum Gasteiger partial charge on any atom is -0.508 e. The quantitative estimate of drug-likeness (QED) is 0.798. The van der Waals surface area contributed by atoms with E-state index in [0.717, 1.165) is 36.1 Å². The van der Waals surface area contributed by atoms with Crippen LogP contribution in [0.5, 0.6) is 11.5 Å². The van der Waals surface area contributed by atoms with E-state index >= 15 is 0 Å². The molecule has 1 aliphatic carbocycles. The van der Waals surface area contributed by atoms with E-state index in [1.54, 1.807) is 0 Å². The summed E-state index contributed by atoms with van der Waals surface area (Å²) < 4.78 is 5.92. The van der Waals surface area contributed by atoms with Crippen LogP contribution in [0.3, 0.4) is 0 Å². The summed E-state index contributed by atoms with van der Waals surface area (Å²) in [7, 11) is 0. The van der Waals surface area contributed by atoms with Gasteiger partial charge < -0.3 is 9.84 Å². The highest BCUT2D eigenvalue weighted by Gasteiger charge is 2.23. The second kappa shape index (κ2) is 5.68. The summed E-state index contributed by atoms with van der Waals surface area (Å²) in [6.07, 6.45) is 5.61. The van der Waals surface area contributed by atoms with Crippen molar-refractivity contribution in [3.8, 4) is 11.5 Å². The number of allylic oxidation sites excluding steroid dienone is 2. The zero-order valence-electron chi connectivity index (χ0n) is 12.4. The highest BCUT2D eigenvalue weighted by molar-refractivity contribution is 5.50. The molecule has 0 amide bonds. The van der Waals surface area contributed by atoms with Crippen LogP contribution < -0.4 is 4.74 Å². The van der Waals surface area contributed by atoms with Crippen LogP contribution in [0.25, 0.3) is 0 Å². The molecule has 0 heterocycles. The van der Waals surface area contributed by atoms with E-state index in [1.807, 2.05) is 32.9 Å². The molecule has 0 aliphatic heterocycles. The average molecular weight is 260 g/mol. The third-order valence-corrected chi connectivity index (χ3v) is 3.61. The normalized spacial score (nSPS) is 19.4. The first-order valence-corrected chi connectivity index (χ1v) is 7.13. The Morgan fingerprint density at radius 2 is 2.00 bits per heavy atom. The number of ether oxygens (including phenoxy) is 1. The van der Waals surface area contributed by atoms with Gasteiger partial charge in [-0.05, 0) is 70.6 Å². The number of benzene rings is 1. The van der Waals surface area contributed by atoms with Gasteiger partial charge in [0.25, 0.3) is 0 Å². The molecular weight excluding hydrogens is 236 g/mol. The zero-order valence-corrected chi connectivity index (χ0v) is 12.4. The SMILES string of the molecule is CC1=CCCC(c2c(O)cc(C)cc2OC(C)C)C1. The van der Waals surface area contributed by atoms with Crippen molar-refractivity contribution in [2.45, 2.75) is 59.0 Å². The Bertz CT molecular complexity index is 486. The van der Waals surface area contributed by atoms with Crippen molar-refractivity contribution in [2.75, 3.05) is 0 Å². The number of phenols is 1. The molecule has 1 aromatic carbocycles. The van der Waals surface area contributed by atoms with Gasteiger partial charge in [-0.1, -0.05) is 11.6 Å². The number of hydrogen-bond acceptors (Lipinski definition) is 2. The molecule has 2 heteroatoms. The van der Waals surface area contributed by atoms with Gasteiger partial charge in [0.05, 0.1) is 6.10 Å². The Morgan fingerprint density at radius 1 is 1.26 bits per heavy atom. The monoisotopic (exact) mass is 260 g/mol. The number of aryl methyl sites for hydroxylation is 1. The Hall–Kier alpha value is -1.44. The smallest absolute Gasteiger partial charge is 0.127 e. The summed E-state index contributed by atoms with van der Waals surface area (Å²) in [6, 6.07) is 3.89. The van der Waals surface area contributed by atoms with E-state index in [2.05, 4.69) is 13.0 Å². The lowest BCUT2D eigenvalue weighted by atomic mass is 9.83. The molecule has 1 aromatic rings. The van der Waals surface area contributed by atoms with E-state index in [4.69, 9.17) is 4.74 Å². The first-order chi connectivity index (χ1) is 8.97. The average Bonchev–Trinajstić information content (AvgIpc) is 2.26. The molecule has 0 bridgehead atoms. The highest BCUT2D eigenvalue weighted by Crippen LogP contribution is 2.43. The Morgan fingerprint density at radius 3 is 2.63 bits per heavy atom. The van der Waals surface area contributed by atoms with Crippen molar-refractivity contribution >= 4 is 0 Å². The van der Waals surface area contributed by atoms with Crippen molar-refractivity contribution < 1.29 is 9.84 Å². The maximum atomic E-state index is 10.3. The number of hydrogen-bond donors (Lipinski definition) is 1. The number of rotatable bonds is 3. The molecule has 19 heavy (non-hydrogen) atoms. The Balaban J connectivity index is 2.39. The van der Waals surface area contributed by atoms with E-state index < -0.39 is 0 Å². The van der Waals surface area contributed by atoms with Crippen LogP contribution >= 0.6 is 0 Å². The van der Waals surface area contributed by atoms with Gasteiger partial charge in [-0.25, -0.2) is 0 Å². The maximum absolute atomic E-state index is 10.3. The van der Waals surface area contributed by atoms with Crippen LogP contribution in [-0.2, 0) is 0 Å². The summed E-state index contributed by atoms with van der Waals surface area (Å²) in [5.41, 5.74) is 3.44. The fraction of sp³-hybridized carbons (Fsp3) is 0.529. The van der Waals surface area contributed by atoms with Crippen LogP contribution in [-0.4, -0.2) is 11.2 Å². The number of aromatic hydroxyl groups is 1. The van der Waals surface area contributed by atoms with Crippen molar-refractivity contribution in [1.29, 1.82) is 0 Å². The molecule has 0 spiro atoms. The van der Waals surface area contributed by atoms with Gasteiger partial charge in [0.15, 0.2) is 0 Å². The van der Waals surface area contributed by atoms with Gasteiger partial charge in [0.2, 0.25) is 0 Å². The van der Waals surface area contributed by atoms with Crippen LogP contribution in [0.15, 0.2) is 23.8 Å². The molecule has 0 fully saturated rings. The van der Waals surface area contributed by atoms with E-state index in [1.165, 1.54) is 5.57 Å². The van der Waals surface area contributed by atoms with Crippen molar-refractivity contribution in [2.24, 2.45) is 0 Å². The molecule has 1 atom stereocenters. The van der Waals surface area contributed by atoms with Crippen LogP contribution in [0.4, 0.5) is 0 Å². The topological polar surface area (TPSA) is 29.5 Å². The first kappa shape index (κ1) is 14.0. The van der Waals surface area contributed by atoms with Crippen molar-refractivity contribution in [3.63, 3.8) is 0 Å². The molecule has 1 aliphatic rings. The summed E-state index contributed by atoms with van der Waals surface area (Å²) in [5.74, 6) is 1.61. The van der Waals surface area contributed by atoms with Gasteiger partial charge in [0.1, 0.15) is 11.5 Å². The molecule has 0 aromatic heterocycles. The second-order valence-corrected chi connectivity index (χ2v) is 5.89. The molecular formula is C17H24O2. The van der Waals surface area contributed by atoms with Gasteiger partial charge in [0, 0.05) is 5.56 Å². The van der Waals surface area contributed by atoms with Gasteiger partial charge in [-0.15, -0.1) is 0 Å². The number of phenolic OH excluding ortho intramolecular Hbond substituents is 1. The molecule has 2 nitrogen and oxygen atoms in total. The van der Waals surface area contributed by atoms with Gasteiger partial charge in [-0.2, -0.15) is 0 Å². The fourth-order valence-corrected chi connectivity index (χ4v) is 2.86. The fourth-order valence-electron chi connectivity index (χ4n) is 2.86. The highest BCUT2D eigenvalue weighted by atomic mass is 16.5. The first-order valence-electron chi connectivity index (χ1n) is 7.13. The molecule has 2 rings (SSSR count). The molecule has 0 radical (unpaired) electrons. The Labute approximate surface area is 116 Å². The molecule has 0 saturated heterocycles. The predicted molar refractivity (Wildman–Crippen MR) is 79.0 cm³/mol. The van der Waals surface area contributed by atoms with Gasteiger partial charge in [-0.3, -0.25) is 0 Å². The summed E-state index contributed by atoms with van der Waals surface area (Å²) in [4.78, 5) is 0. The predicted octanol–water partition coefficient (Wildman–Crippen LogP) is 4.70. The molecule has 0 saturated carbocycles. The van der Waals surface area contributed by atoms with Crippen LogP contribution in [0.1, 0.15) is 57.1 Å². The van der Waals surface area contributed by atoms with Crippen molar-refractivity contribution in [1.82, 2.24) is 0 Å². The van der Waals surface area contributed by atoms with Crippen LogP contribution in [0.2, 0.25) is 0 Å². The van der Waals surface area contributed by atoms with E-state index in [9.17, 15) is 5.11 Å². The minimum atomic E-state index is 0.125. The standard InChI is InChI=1S/C17H24O2/c1-11(2)19-16-10-13(4)9-15(18)17(16)14-7-5-6-12(3)8-14/h6,9-11,14,18H,5,7-8H2,1-4H3. The van der Waals surface area contributed by atoms with E-state index in [-0.39, 0.29) is 6.10 Å². The van der Waals surface area contributed by atoms with E-state index in [0.29, 0.717) is 11.7 Å². The van der Waals surface area contributed by atoms with Crippen molar-refractivity contribution in [3.05, 3.63) is 34.9 Å². The maximum Gasteiger partial charge on any atom is 0.127 e. The molecule has 104 valence electrons. The minimum absolute atomic E-state index is 0.125. The molecule has 1 N–H and O–H groups in total.